The van der Waals surface area contributed by atoms with E-state index in [9.17, 15) is 8.42 Å². The van der Waals surface area contributed by atoms with Crippen LogP contribution in [0, 0.1) is 0 Å². The van der Waals surface area contributed by atoms with Crippen LogP contribution in [-0.4, -0.2) is 27.6 Å². The average Bonchev–Trinajstić information content (AvgIpc) is 2.90. The molecule has 1 aromatic rings. The number of hydrogen-bond donors (Lipinski definition) is 2. The Kier molecular flexibility index (Phi) is 4.43. The van der Waals surface area contributed by atoms with Gasteiger partial charge >= 0.3 is 0 Å². The van der Waals surface area contributed by atoms with Crippen LogP contribution >= 0.6 is 0 Å². The van der Waals surface area contributed by atoms with Crippen molar-refractivity contribution in [2.24, 2.45) is 5.73 Å². The number of methoxy groups -OCH3 is 1. The van der Waals surface area contributed by atoms with Gasteiger partial charge in [0.1, 0.15) is 5.75 Å². The van der Waals surface area contributed by atoms with E-state index in [0.29, 0.717) is 4.90 Å². The molecule has 1 saturated carbocycles. The zero-order chi connectivity index (χ0) is 15.7. The Balaban J connectivity index is 1.93. The summed E-state index contributed by atoms with van der Waals surface area (Å²) in [5, 5.41) is 0. The molecule has 2 aliphatic carbocycles. The molecule has 0 heterocycles. The lowest BCUT2D eigenvalue weighted by Crippen LogP contribution is -2.34. The van der Waals surface area contributed by atoms with E-state index in [1.165, 1.54) is 0 Å². The molecule has 5 nitrogen and oxygen atoms in total. The van der Waals surface area contributed by atoms with Gasteiger partial charge in [0.15, 0.2) is 0 Å². The Labute approximate surface area is 132 Å². The number of benzene rings is 1. The Morgan fingerprint density at radius 1 is 1.18 bits per heavy atom. The number of sulfonamides is 1. The van der Waals surface area contributed by atoms with Crippen LogP contribution in [0.4, 0.5) is 0 Å². The van der Waals surface area contributed by atoms with Gasteiger partial charge in [0.2, 0.25) is 10.0 Å². The highest BCUT2D eigenvalue weighted by Crippen LogP contribution is 2.34. The molecule has 0 aliphatic heterocycles. The number of ether oxygens (including phenoxy) is 1. The number of fused-ring (bicyclic) bond motifs is 1. The molecule has 0 aromatic heterocycles. The van der Waals surface area contributed by atoms with Gasteiger partial charge in [-0.05, 0) is 68.2 Å². The van der Waals surface area contributed by atoms with Gasteiger partial charge in [0.25, 0.3) is 0 Å². The van der Waals surface area contributed by atoms with Crippen molar-refractivity contribution in [3.05, 3.63) is 23.3 Å². The van der Waals surface area contributed by atoms with Crippen molar-refractivity contribution in [3.63, 3.8) is 0 Å². The Hall–Kier alpha value is -1.11. The van der Waals surface area contributed by atoms with E-state index in [1.807, 2.05) is 0 Å². The second-order valence-electron chi connectivity index (χ2n) is 6.32. The third kappa shape index (κ3) is 3.00. The summed E-state index contributed by atoms with van der Waals surface area (Å²) in [5.41, 5.74) is 7.87. The number of hydrogen-bond acceptors (Lipinski definition) is 4. The molecular formula is C16H24N2O3S. The highest BCUT2D eigenvalue weighted by molar-refractivity contribution is 7.89. The van der Waals surface area contributed by atoms with Crippen LogP contribution in [0.5, 0.6) is 5.75 Å². The van der Waals surface area contributed by atoms with Crippen LogP contribution in [0.15, 0.2) is 17.0 Å². The highest BCUT2D eigenvalue weighted by atomic mass is 32.2. The van der Waals surface area contributed by atoms with Gasteiger partial charge < -0.3 is 10.5 Å². The molecule has 3 rings (SSSR count). The predicted molar refractivity (Wildman–Crippen MR) is 85.6 cm³/mol. The second-order valence-corrected chi connectivity index (χ2v) is 8.00. The molecule has 0 unspecified atom stereocenters. The molecule has 1 fully saturated rings. The average molecular weight is 324 g/mol. The maximum absolute atomic E-state index is 12.8. The highest BCUT2D eigenvalue weighted by Gasteiger charge is 2.30. The van der Waals surface area contributed by atoms with Crippen molar-refractivity contribution in [2.75, 3.05) is 7.11 Å². The van der Waals surface area contributed by atoms with Crippen LogP contribution in [0.1, 0.15) is 43.2 Å². The monoisotopic (exact) mass is 324 g/mol. The fourth-order valence-electron chi connectivity index (χ4n) is 3.65. The normalized spacial score (nSPS) is 25.0. The van der Waals surface area contributed by atoms with Gasteiger partial charge in [-0.2, -0.15) is 0 Å². The Bertz CT molecular complexity index is 658. The molecule has 3 N–H and O–H groups in total. The van der Waals surface area contributed by atoms with Crippen LogP contribution in [0.2, 0.25) is 0 Å². The lowest BCUT2D eigenvalue weighted by atomic mass is 9.91. The van der Waals surface area contributed by atoms with Crippen molar-refractivity contribution < 1.29 is 13.2 Å². The van der Waals surface area contributed by atoms with E-state index in [1.54, 1.807) is 19.2 Å². The molecule has 122 valence electrons. The topological polar surface area (TPSA) is 81.4 Å². The lowest BCUT2D eigenvalue weighted by Gasteiger charge is -2.23. The molecule has 0 amide bonds. The van der Waals surface area contributed by atoms with Gasteiger partial charge in [0.05, 0.1) is 12.0 Å². The second kappa shape index (κ2) is 6.18. The third-order valence-electron chi connectivity index (χ3n) is 4.75. The van der Waals surface area contributed by atoms with Crippen molar-refractivity contribution in [1.29, 1.82) is 0 Å². The Morgan fingerprint density at radius 2 is 1.91 bits per heavy atom. The lowest BCUT2D eigenvalue weighted by molar-refractivity contribution is 0.405. The first-order valence-electron chi connectivity index (χ1n) is 7.98. The summed E-state index contributed by atoms with van der Waals surface area (Å²) >= 11 is 0. The quantitative estimate of drug-likeness (QED) is 0.884. The van der Waals surface area contributed by atoms with Gasteiger partial charge in [-0.25, -0.2) is 13.1 Å². The van der Waals surface area contributed by atoms with Crippen molar-refractivity contribution >= 4 is 10.0 Å². The summed E-state index contributed by atoms with van der Waals surface area (Å²) in [7, 11) is -1.86. The fourth-order valence-corrected chi connectivity index (χ4v) is 5.23. The zero-order valence-corrected chi connectivity index (χ0v) is 13.8. The number of nitrogens with one attached hydrogen (secondary N) is 1. The molecule has 6 heteroatoms. The third-order valence-corrected chi connectivity index (χ3v) is 6.36. The van der Waals surface area contributed by atoms with Gasteiger partial charge in [0, 0.05) is 12.1 Å². The minimum Gasteiger partial charge on any atom is -0.496 e. The summed E-state index contributed by atoms with van der Waals surface area (Å²) in [6, 6.07) is 3.53. The van der Waals surface area contributed by atoms with Gasteiger partial charge in [-0.1, -0.05) is 0 Å². The number of nitrogens with two attached hydrogens (primary N) is 1. The summed E-state index contributed by atoms with van der Waals surface area (Å²) in [5.74, 6) is 0.802. The summed E-state index contributed by atoms with van der Waals surface area (Å²) < 4.78 is 33.8. The first kappa shape index (κ1) is 15.8. The molecule has 2 aliphatic rings. The van der Waals surface area contributed by atoms with Crippen LogP contribution in [0.3, 0.4) is 0 Å². The molecule has 0 bridgehead atoms. The summed E-state index contributed by atoms with van der Waals surface area (Å²) in [6.07, 6.45) is 6.21. The minimum absolute atomic E-state index is 0.0404. The first-order chi connectivity index (χ1) is 10.5. The van der Waals surface area contributed by atoms with Crippen molar-refractivity contribution in [2.45, 2.75) is 61.9 Å². The SMILES string of the molecule is COc1ccc(S(=O)(=O)N[C@H]2CC[C@H](N)C2)c2c1CCCC2. The summed E-state index contributed by atoms with van der Waals surface area (Å²) in [4.78, 5) is 0.420. The van der Waals surface area contributed by atoms with E-state index < -0.39 is 10.0 Å². The molecule has 1 aromatic carbocycles. The molecule has 0 radical (unpaired) electrons. The smallest absolute Gasteiger partial charge is 0.241 e. The van der Waals surface area contributed by atoms with Crippen LogP contribution in [0.25, 0.3) is 0 Å². The van der Waals surface area contributed by atoms with Crippen molar-refractivity contribution in [1.82, 2.24) is 4.72 Å². The minimum atomic E-state index is -3.49. The standard InChI is InChI=1S/C16H24N2O3S/c1-21-15-8-9-16(14-5-3-2-4-13(14)15)22(19,20)18-12-7-6-11(17)10-12/h8-9,11-12,18H,2-7,10,17H2,1H3/t11-,12-/m0/s1. The predicted octanol–water partition coefficient (Wildman–Crippen LogP) is 1.73. The van der Waals surface area contributed by atoms with Gasteiger partial charge in [-0.3, -0.25) is 0 Å². The zero-order valence-electron chi connectivity index (χ0n) is 13.0. The maximum atomic E-state index is 12.8. The van der Waals surface area contributed by atoms with E-state index in [4.69, 9.17) is 10.5 Å². The fraction of sp³-hybridized carbons (Fsp3) is 0.625. The molecule has 0 saturated heterocycles. The van der Waals surface area contributed by atoms with E-state index >= 15 is 0 Å². The number of rotatable bonds is 4. The van der Waals surface area contributed by atoms with E-state index in [2.05, 4.69) is 4.72 Å². The molecule has 2 atom stereocenters. The molecule has 0 spiro atoms. The Morgan fingerprint density at radius 3 is 2.55 bits per heavy atom. The molecule has 22 heavy (non-hydrogen) atoms. The largest absolute Gasteiger partial charge is 0.496 e. The molecular weight excluding hydrogens is 300 g/mol. The van der Waals surface area contributed by atoms with E-state index in [0.717, 1.165) is 61.8 Å². The summed E-state index contributed by atoms with van der Waals surface area (Å²) in [6.45, 7) is 0. The van der Waals surface area contributed by atoms with E-state index in [-0.39, 0.29) is 12.1 Å². The van der Waals surface area contributed by atoms with Crippen molar-refractivity contribution in [3.8, 4) is 5.75 Å². The first-order valence-corrected chi connectivity index (χ1v) is 9.46. The van der Waals surface area contributed by atoms with Gasteiger partial charge in [-0.15, -0.1) is 0 Å². The van der Waals surface area contributed by atoms with Crippen LogP contribution < -0.4 is 15.2 Å². The maximum Gasteiger partial charge on any atom is 0.241 e. The van der Waals surface area contributed by atoms with Crippen LogP contribution in [-0.2, 0) is 22.9 Å².